The molecule has 0 atom stereocenters. The molecule has 1 N–H and O–H groups in total. The van der Waals surface area contributed by atoms with Gasteiger partial charge in [-0.05, 0) is 37.1 Å². The maximum Gasteiger partial charge on any atom is 0.124 e. The molecule has 254 valence electrons. The van der Waals surface area contributed by atoms with Gasteiger partial charge in [-0.3, -0.25) is 0 Å². The Morgan fingerprint density at radius 1 is 0.652 bits per heavy atom. The van der Waals surface area contributed by atoms with E-state index in [2.05, 4.69) is 60.5 Å². The summed E-state index contributed by atoms with van der Waals surface area (Å²) in [7, 11) is 1.04. The summed E-state index contributed by atoms with van der Waals surface area (Å²) in [6.45, 7) is 17.8. The highest BCUT2D eigenvalue weighted by Crippen LogP contribution is 2.34. The molecule has 2 heterocycles. The second-order valence-corrected chi connectivity index (χ2v) is 25.9. The topological polar surface area (TPSA) is 92.8 Å². The maximum atomic E-state index is 12.0. The summed E-state index contributed by atoms with van der Waals surface area (Å²) in [5, 5.41) is 12.0. The number of fused-ring (bicyclic) bond motifs is 2. The first-order chi connectivity index (χ1) is 21.9. The molecular formula is C35H56N4O5Si2. The zero-order valence-electron chi connectivity index (χ0n) is 29.4. The lowest BCUT2D eigenvalue weighted by atomic mass is 9.99. The van der Waals surface area contributed by atoms with Crippen LogP contribution in [0.15, 0.2) is 36.4 Å². The first-order valence-corrected chi connectivity index (χ1v) is 24.1. The van der Waals surface area contributed by atoms with Gasteiger partial charge in [0.05, 0.1) is 22.1 Å². The Balaban J connectivity index is 1.69. The number of methoxy groups -OCH3 is 2. The van der Waals surface area contributed by atoms with Gasteiger partial charge in [-0.25, -0.2) is 9.97 Å². The highest BCUT2D eigenvalue weighted by molar-refractivity contribution is 6.76. The number of rotatable bonds is 20. The molecule has 0 unspecified atom stereocenters. The van der Waals surface area contributed by atoms with Crippen LogP contribution in [0.4, 0.5) is 0 Å². The van der Waals surface area contributed by atoms with E-state index in [1.807, 2.05) is 24.3 Å². The van der Waals surface area contributed by atoms with Crippen molar-refractivity contribution in [1.82, 2.24) is 19.1 Å². The summed E-state index contributed by atoms with van der Waals surface area (Å²) in [6, 6.07) is 14.3. The fourth-order valence-corrected chi connectivity index (χ4v) is 7.04. The molecule has 0 saturated carbocycles. The van der Waals surface area contributed by atoms with Gasteiger partial charge >= 0.3 is 0 Å². The lowest BCUT2D eigenvalue weighted by Crippen LogP contribution is -2.22. The molecule has 0 radical (unpaired) electrons. The maximum absolute atomic E-state index is 12.0. The van der Waals surface area contributed by atoms with Crippen LogP contribution in [0.25, 0.3) is 22.1 Å². The molecule has 4 aromatic rings. The van der Waals surface area contributed by atoms with Crippen LogP contribution in [0.3, 0.4) is 0 Å². The molecule has 0 amide bonds. The van der Waals surface area contributed by atoms with Crippen LogP contribution in [0.5, 0.6) is 0 Å². The van der Waals surface area contributed by atoms with Crippen LogP contribution in [-0.2, 0) is 45.3 Å². The Hall–Kier alpha value is -2.39. The fourth-order valence-electron chi connectivity index (χ4n) is 5.53. The zero-order chi connectivity index (χ0) is 33.3. The molecule has 2 aromatic carbocycles. The summed E-state index contributed by atoms with van der Waals surface area (Å²) in [4.78, 5) is 10.2. The van der Waals surface area contributed by atoms with Crippen molar-refractivity contribution in [1.29, 1.82) is 0 Å². The second kappa shape index (κ2) is 16.6. The first kappa shape index (κ1) is 36.4. The Bertz CT molecular complexity index is 1430. The third-order valence-corrected chi connectivity index (χ3v) is 11.7. The molecule has 0 aliphatic heterocycles. The Morgan fingerprint density at radius 2 is 1.07 bits per heavy atom. The quantitative estimate of drug-likeness (QED) is 0.0784. The minimum absolute atomic E-state index is 0.436. The molecule has 0 fully saturated rings. The van der Waals surface area contributed by atoms with Crippen molar-refractivity contribution in [2.24, 2.45) is 0 Å². The van der Waals surface area contributed by atoms with E-state index in [1.165, 1.54) is 0 Å². The number of para-hydroxylation sites is 2. The number of benzene rings is 2. The van der Waals surface area contributed by atoms with Crippen molar-refractivity contribution in [3.8, 4) is 0 Å². The van der Waals surface area contributed by atoms with Gasteiger partial charge in [0.25, 0.3) is 0 Å². The van der Waals surface area contributed by atoms with E-state index in [0.717, 1.165) is 95.8 Å². The summed E-state index contributed by atoms with van der Waals surface area (Å²) in [5.41, 5.74) is 5.04. The average Bonchev–Trinajstić information content (AvgIpc) is 3.53. The smallest absolute Gasteiger partial charge is 0.124 e. The summed E-state index contributed by atoms with van der Waals surface area (Å²) in [6.07, 6.45) is 2.33. The van der Waals surface area contributed by atoms with Crippen LogP contribution < -0.4 is 0 Å². The normalized spacial score (nSPS) is 12.7. The van der Waals surface area contributed by atoms with Crippen molar-refractivity contribution in [3.05, 3.63) is 59.2 Å². The van der Waals surface area contributed by atoms with Crippen LogP contribution in [0.2, 0.25) is 51.4 Å². The average molecular weight is 669 g/mol. The fraction of sp³-hybridized carbons (Fsp3) is 0.600. The number of nitrogens with zero attached hydrogens (tertiary/aromatic N) is 4. The number of imidazole rings is 2. The predicted octanol–water partition coefficient (Wildman–Crippen LogP) is 7.25. The van der Waals surface area contributed by atoms with E-state index in [4.69, 9.17) is 28.9 Å². The van der Waals surface area contributed by atoms with Crippen molar-refractivity contribution in [3.63, 3.8) is 0 Å². The van der Waals surface area contributed by atoms with Crippen LogP contribution in [-0.4, -0.2) is 81.0 Å². The summed E-state index contributed by atoms with van der Waals surface area (Å²) >= 11 is 0. The summed E-state index contributed by atoms with van der Waals surface area (Å²) < 4.78 is 27.4. The van der Waals surface area contributed by atoms with E-state index >= 15 is 0 Å². The molecule has 0 bridgehead atoms. The monoisotopic (exact) mass is 668 g/mol. The molecule has 11 heteroatoms. The molecule has 0 aliphatic carbocycles. The molecule has 46 heavy (non-hydrogen) atoms. The van der Waals surface area contributed by atoms with Crippen molar-refractivity contribution in [2.45, 2.75) is 96.6 Å². The minimum atomic E-state index is -1.21. The highest BCUT2D eigenvalue weighted by Gasteiger charge is 2.24. The van der Waals surface area contributed by atoms with Gasteiger partial charge in [-0.15, -0.1) is 0 Å². The zero-order valence-corrected chi connectivity index (χ0v) is 31.4. The largest absolute Gasteiger partial charge is 0.385 e. The van der Waals surface area contributed by atoms with Crippen LogP contribution in [0, 0.1) is 0 Å². The SMILES string of the molecule is COCCCc1nc2c(C(O)c3cccc4c3nc(CCCOC)n4COCC[Si](C)(C)C)cccc2n1COCC[Si](C)(C)C. The number of aryl methyl sites for hydroxylation is 2. The van der Waals surface area contributed by atoms with Crippen LogP contribution >= 0.6 is 0 Å². The van der Waals surface area contributed by atoms with Gasteiger partial charge in [0.1, 0.15) is 31.2 Å². The van der Waals surface area contributed by atoms with Gasteiger partial charge in [0.2, 0.25) is 0 Å². The third kappa shape index (κ3) is 9.82. The Morgan fingerprint density at radius 3 is 1.43 bits per heavy atom. The highest BCUT2D eigenvalue weighted by atomic mass is 28.3. The number of aliphatic hydroxyl groups is 1. The van der Waals surface area contributed by atoms with Gasteiger partial charge < -0.3 is 33.2 Å². The molecule has 0 spiro atoms. The number of hydrogen-bond acceptors (Lipinski definition) is 7. The molecule has 0 aliphatic rings. The lowest BCUT2D eigenvalue weighted by Gasteiger charge is -2.17. The van der Waals surface area contributed by atoms with Gasteiger partial charge in [-0.2, -0.15) is 0 Å². The van der Waals surface area contributed by atoms with E-state index in [-0.39, 0.29) is 0 Å². The summed E-state index contributed by atoms with van der Waals surface area (Å²) in [5.74, 6) is 1.89. The van der Waals surface area contributed by atoms with Crippen molar-refractivity contribution < 1.29 is 24.1 Å². The lowest BCUT2D eigenvalue weighted by molar-refractivity contribution is 0.0874. The molecular weight excluding hydrogens is 613 g/mol. The van der Waals surface area contributed by atoms with Crippen LogP contribution in [0.1, 0.15) is 41.7 Å². The third-order valence-electron chi connectivity index (χ3n) is 8.30. The number of aliphatic hydroxyl groups excluding tert-OH is 1. The second-order valence-electron chi connectivity index (χ2n) is 14.6. The first-order valence-electron chi connectivity index (χ1n) is 16.7. The molecule has 9 nitrogen and oxygen atoms in total. The van der Waals surface area contributed by atoms with E-state index < -0.39 is 22.3 Å². The minimum Gasteiger partial charge on any atom is -0.385 e. The van der Waals surface area contributed by atoms with Gasteiger partial charge in [0.15, 0.2) is 0 Å². The number of ether oxygens (including phenoxy) is 4. The van der Waals surface area contributed by atoms with E-state index in [1.54, 1.807) is 14.2 Å². The molecule has 0 saturated heterocycles. The van der Waals surface area contributed by atoms with Crippen molar-refractivity contribution in [2.75, 3.05) is 40.6 Å². The Kier molecular flexibility index (Phi) is 13.2. The van der Waals surface area contributed by atoms with Gasteiger partial charge in [0, 0.05) is 80.8 Å². The van der Waals surface area contributed by atoms with Crippen molar-refractivity contribution >= 4 is 38.2 Å². The van der Waals surface area contributed by atoms with Gasteiger partial charge in [-0.1, -0.05) is 63.5 Å². The molecule has 2 aromatic heterocycles. The standard InChI is InChI=1S/C35H56N4O5Si2/c1-41-19-11-17-31-36-33-27(13-9-15-29(33)38(31)25-43-21-23-45(3,4)5)35(40)28-14-10-16-30-34(28)37-32(18-12-20-42-2)39(30)26-44-22-24-46(6,7)8/h9-10,13-16,35,40H,11-12,17-26H2,1-8H3. The number of aromatic nitrogens is 4. The predicted molar refractivity (Wildman–Crippen MR) is 192 cm³/mol. The molecule has 4 rings (SSSR count). The number of hydrogen-bond donors (Lipinski definition) is 1. The van der Waals surface area contributed by atoms with E-state index in [9.17, 15) is 5.11 Å². The van der Waals surface area contributed by atoms with E-state index in [0.29, 0.717) is 26.7 Å². The Labute approximate surface area is 277 Å².